The molecule has 0 amide bonds. The fraction of sp³-hybridized carbons (Fsp3) is 0.300. The molecule has 0 fully saturated rings. The second-order valence-corrected chi connectivity index (χ2v) is 6.00. The minimum absolute atomic E-state index is 0.364. The van der Waals surface area contributed by atoms with Gasteiger partial charge >= 0.3 is 0 Å². The van der Waals surface area contributed by atoms with E-state index in [0.717, 1.165) is 41.4 Å². The number of anilines is 1. The summed E-state index contributed by atoms with van der Waals surface area (Å²) in [4.78, 5) is 4.48. The summed E-state index contributed by atoms with van der Waals surface area (Å²) in [7, 11) is 1.64. The molecule has 0 aliphatic rings. The molecule has 3 rings (SSSR count). The SMILES string of the molecule is C/C=C\C(=C/CCC)Cc1cc2c3cccc(OC)c3nc(N)n2n1. The minimum atomic E-state index is 0.364. The first-order valence-electron chi connectivity index (χ1n) is 8.60. The highest BCUT2D eigenvalue weighted by Crippen LogP contribution is 2.29. The Labute approximate surface area is 147 Å². The van der Waals surface area contributed by atoms with Crippen LogP contribution in [-0.4, -0.2) is 21.7 Å². The van der Waals surface area contributed by atoms with Gasteiger partial charge in [-0.2, -0.15) is 9.61 Å². The van der Waals surface area contributed by atoms with E-state index in [1.165, 1.54) is 5.57 Å². The molecule has 0 saturated carbocycles. The molecule has 0 radical (unpaired) electrons. The number of allylic oxidation sites excluding steroid dienone is 4. The molecule has 0 atom stereocenters. The van der Waals surface area contributed by atoms with Crippen LogP contribution in [0.15, 0.2) is 48.1 Å². The van der Waals surface area contributed by atoms with Crippen LogP contribution in [0.5, 0.6) is 5.75 Å². The molecule has 0 aliphatic carbocycles. The fourth-order valence-corrected chi connectivity index (χ4v) is 3.01. The fourth-order valence-electron chi connectivity index (χ4n) is 3.01. The Hall–Kier alpha value is -2.82. The highest BCUT2D eigenvalue weighted by molar-refractivity contribution is 5.97. The molecule has 1 aromatic carbocycles. The molecule has 5 nitrogen and oxygen atoms in total. The van der Waals surface area contributed by atoms with Crippen LogP contribution in [0.4, 0.5) is 5.95 Å². The van der Waals surface area contributed by atoms with Gasteiger partial charge in [0.2, 0.25) is 5.95 Å². The van der Waals surface area contributed by atoms with E-state index in [4.69, 9.17) is 10.5 Å². The molecule has 25 heavy (non-hydrogen) atoms. The number of unbranched alkanes of at least 4 members (excludes halogenated alkanes) is 1. The lowest BCUT2D eigenvalue weighted by Crippen LogP contribution is -2.03. The zero-order valence-corrected chi connectivity index (χ0v) is 15.0. The van der Waals surface area contributed by atoms with Gasteiger partial charge in [-0.15, -0.1) is 0 Å². The summed E-state index contributed by atoms with van der Waals surface area (Å²) in [6.45, 7) is 4.21. The Morgan fingerprint density at radius 2 is 2.20 bits per heavy atom. The van der Waals surface area contributed by atoms with E-state index in [9.17, 15) is 0 Å². The van der Waals surface area contributed by atoms with Crippen molar-refractivity contribution in [1.29, 1.82) is 0 Å². The maximum absolute atomic E-state index is 6.13. The summed E-state index contributed by atoms with van der Waals surface area (Å²) in [6, 6.07) is 7.95. The molecule has 0 saturated heterocycles. The van der Waals surface area contributed by atoms with Crippen molar-refractivity contribution in [3.05, 3.63) is 53.8 Å². The number of fused-ring (bicyclic) bond motifs is 3. The van der Waals surface area contributed by atoms with Gasteiger partial charge in [0.15, 0.2) is 0 Å². The third kappa shape index (κ3) is 3.36. The average Bonchev–Trinajstić information content (AvgIpc) is 3.04. The molecule has 3 aromatic rings. The van der Waals surface area contributed by atoms with Crippen LogP contribution >= 0.6 is 0 Å². The Kier molecular flexibility index (Phi) is 5.03. The molecule has 0 unspecified atom stereocenters. The number of ether oxygens (including phenoxy) is 1. The predicted octanol–water partition coefficient (Wildman–Crippen LogP) is 4.32. The van der Waals surface area contributed by atoms with Gasteiger partial charge in [0.05, 0.1) is 18.3 Å². The van der Waals surface area contributed by atoms with E-state index in [-0.39, 0.29) is 0 Å². The number of rotatable bonds is 6. The normalized spacial score (nSPS) is 12.5. The second kappa shape index (κ2) is 7.38. The Balaban J connectivity index is 2.10. The predicted molar refractivity (Wildman–Crippen MR) is 103 cm³/mol. The zero-order valence-electron chi connectivity index (χ0n) is 15.0. The topological polar surface area (TPSA) is 65.4 Å². The number of hydrogen-bond acceptors (Lipinski definition) is 4. The maximum atomic E-state index is 6.13. The van der Waals surface area contributed by atoms with Gasteiger partial charge in [-0.3, -0.25) is 0 Å². The molecule has 2 aromatic heterocycles. The van der Waals surface area contributed by atoms with Crippen LogP contribution in [0, 0.1) is 0 Å². The molecular weight excluding hydrogens is 312 g/mol. The lowest BCUT2D eigenvalue weighted by molar-refractivity contribution is 0.419. The summed E-state index contributed by atoms with van der Waals surface area (Å²) >= 11 is 0. The van der Waals surface area contributed by atoms with Gasteiger partial charge in [0.1, 0.15) is 11.3 Å². The summed E-state index contributed by atoms with van der Waals surface area (Å²) in [5.41, 5.74) is 10.1. The number of nitrogen functional groups attached to an aromatic ring is 1. The van der Waals surface area contributed by atoms with Crippen molar-refractivity contribution >= 4 is 22.4 Å². The summed E-state index contributed by atoms with van der Waals surface area (Å²) in [6.07, 6.45) is 9.45. The molecule has 5 heteroatoms. The van der Waals surface area contributed by atoms with Crippen molar-refractivity contribution in [2.24, 2.45) is 0 Å². The smallest absolute Gasteiger partial charge is 0.222 e. The summed E-state index contributed by atoms with van der Waals surface area (Å²) < 4.78 is 7.13. The largest absolute Gasteiger partial charge is 0.494 e. The van der Waals surface area contributed by atoms with Crippen LogP contribution < -0.4 is 10.5 Å². The number of nitrogens with zero attached hydrogens (tertiary/aromatic N) is 3. The molecule has 0 aliphatic heterocycles. The number of aromatic nitrogens is 3. The van der Waals surface area contributed by atoms with E-state index in [1.54, 1.807) is 11.6 Å². The van der Waals surface area contributed by atoms with Crippen LogP contribution in [0.25, 0.3) is 16.4 Å². The average molecular weight is 336 g/mol. The number of methoxy groups -OCH3 is 1. The van der Waals surface area contributed by atoms with Gasteiger partial charge in [-0.1, -0.05) is 43.7 Å². The van der Waals surface area contributed by atoms with Crippen molar-refractivity contribution < 1.29 is 4.74 Å². The summed E-state index contributed by atoms with van der Waals surface area (Å²) in [5.74, 6) is 1.08. The van der Waals surface area contributed by atoms with E-state index >= 15 is 0 Å². The first-order chi connectivity index (χ1) is 12.2. The van der Waals surface area contributed by atoms with Crippen molar-refractivity contribution in [3.8, 4) is 5.75 Å². The molecule has 130 valence electrons. The van der Waals surface area contributed by atoms with E-state index in [2.05, 4.69) is 41.3 Å². The monoisotopic (exact) mass is 336 g/mol. The molecule has 0 bridgehead atoms. The van der Waals surface area contributed by atoms with Crippen LogP contribution in [-0.2, 0) is 6.42 Å². The van der Waals surface area contributed by atoms with Crippen molar-refractivity contribution in [2.45, 2.75) is 33.1 Å². The number of hydrogen-bond donors (Lipinski definition) is 1. The van der Waals surface area contributed by atoms with Gasteiger partial charge in [-0.25, -0.2) is 4.98 Å². The first-order valence-corrected chi connectivity index (χ1v) is 8.60. The second-order valence-electron chi connectivity index (χ2n) is 6.00. The Morgan fingerprint density at radius 3 is 2.92 bits per heavy atom. The van der Waals surface area contributed by atoms with Gasteiger partial charge in [-0.05, 0) is 31.1 Å². The maximum Gasteiger partial charge on any atom is 0.222 e. The van der Waals surface area contributed by atoms with Crippen molar-refractivity contribution in [1.82, 2.24) is 14.6 Å². The van der Waals surface area contributed by atoms with Crippen LogP contribution in [0.1, 0.15) is 32.4 Å². The lowest BCUT2D eigenvalue weighted by Gasteiger charge is -2.07. The van der Waals surface area contributed by atoms with Crippen molar-refractivity contribution in [2.75, 3.05) is 12.8 Å². The van der Waals surface area contributed by atoms with Crippen LogP contribution in [0.2, 0.25) is 0 Å². The molecule has 0 spiro atoms. The number of benzene rings is 1. The number of para-hydroxylation sites is 1. The van der Waals surface area contributed by atoms with Crippen LogP contribution in [0.3, 0.4) is 0 Å². The summed E-state index contributed by atoms with van der Waals surface area (Å²) in [5, 5.41) is 5.65. The Morgan fingerprint density at radius 1 is 1.36 bits per heavy atom. The number of nitrogens with two attached hydrogens (primary N) is 1. The highest BCUT2D eigenvalue weighted by atomic mass is 16.5. The first kappa shape index (κ1) is 17.0. The quantitative estimate of drug-likeness (QED) is 0.681. The standard InChI is InChI=1S/C20H24N4O/c1-4-6-9-14(8-5-2)12-15-13-17-16-10-7-11-18(25-3)19(16)22-20(21)24(17)23-15/h5,7-11,13H,4,6,12H2,1-3H3,(H2,21,22)/b8-5-,14-9+. The van der Waals surface area contributed by atoms with Crippen molar-refractivity contribution in [3.63, 3.8) is 0 Å². The lowest BCUT2D eigenvalue weighted by atomic mass is 10.1. The van der Waals surface area contributed by atoms with E-state index in [0.29, 0.717) is 11.7 Å². The molecule has 2 heterocycles. The minimum Gasteiger partial charge on any atom is -0.494 e. The van der Waals surface area contributed by atoms with E-state index < -0.39 is 0 Å². The van der Waals surface area contributed by atoms with E-state index in [1.807, 2.05) is 25.1 Å². The molecule has 2 N–H and O–H groups in total. The highest BCUT2D eigenvalue weighted by Gasteiger charge is 2.13. The van der Waals surface area contributed by atoms with Gasteiger partial charge in [0.25, 0.3) is 0 Å². The third-order valence-corrected chi connectivity index (χ3v) is 4.16. The third-order valence-electron chi connectivity index (χ3n) is 4.16. The molecular formula is C20H24N4O. The Bertz CT molecular complexity index is 953. The van der Waals surface area contributed by atoms with Gasteiger partial charge < -0.3 is 10.5 Å². The van der Waals surface area contributed by atoms with Gasteiger partial charge in [0, 0.05) is 11.8 Å². The zero-order chi connectivity index (χ0) is 17.8.